The lowest BCUT2D eigenvalue weighted by Crippen LogP contribution is -2.33. The molecule has 3 N–H and O–H groups in total. The zero-order valence-corrected chi connectivity index (χ0v) is 12.5. The first-order valence-electron chi connectivity index (χ1n) is 5.95. The molecule has 0 radical (unpaired) electrons. The summed E-state index contributed by atoms with van der Waals surface area (Å²) < 4.78 is 21.4. The summed E-state index contributed by atoms with van der Waals surface area (Å²) in [5.74, 6) is 0. The Balaban J connectivity index is 0.00000116. The smallest absolute Gasteiger partial charge is 0.344 e. The number of phosphoric acid groups is 1. The van der Waals surface area contributed by atoms with Crippen molar-refractivity contribution in [2.45, 2.75) is 19.3 Å². The second kappa shape index (κ2) is 7.35. The molecule has 2 heterocycles. The van der Waals surface area contributed by atoms with E-state index in [2.05, 4.69) is 22.4 Å². The lowest BCUT2D eigenvalue weighted by atomic mass is 10.3. The fraction of sp³-hybridized carbons (Fsp3) is 0.333. The third-order valence-corrected chi connectivity index (χ3v) is 3.12. The van der Waals surface area contributed by atoms with Crippen molar-refractivity contribution in [2.75, 3.05) is 6.61 Å². The van der Waals surface area contributed by atoms with Crippen LogP contribution in [0.25, 0.3) is 0 Å². The predicted molar refractivity (Wildman–Crippen MR) is 77.0 cm³/mol. The maximum Gasteiger partial charge on any atom is 0.469 e. The molecule has 0 aromatic carbocycles. The van der Waals surface area contributed by atoms with Gasteiger partial charge in [0.15, 0.2) is 6.23 Å². The number of hydrogen-bond acceptors (Lipinski definition) is 5. The minimum Gasteiger partial charge on any atom is -0.344 e. The van der Waals surface area contributed by atoms with Gasteiger partial charge in [0.05, 0.1) is 6.61 Å². The van der Waals surface area contributed by atoms with E-state index in [0.29, 0.717) is 5.56 Å². The quantitative estimate of drug-likeness (QED) is 0.391. The summed E-state index contributed by atoms with van der Waals surface area (Å²) >= 11 is 0. The largest absolute Gasteiger partial charge is 0.469 e. The fourth-order valence-electron chi connectivity index (χ4n) is 1.69. The van der Waals surface area contributed by atoms with Gasteiger partial charge < -0.3 is 14.5 Å². The lowest BCUT2D eigenvalue weighted by molar-refractivity contribution is -0.0105. The molecule has 0 aliphatic carbocycles. The first-order valence-corrected chi connectivity index (χ1v) is 7.48. The monoisotopic (exact) mass is 330 g/mol. The maximum absolute atomic E-state index is 11.6. The number of rotatable bonds is 4. The van der Waals surface area contributed by atoms with E-state index in [4.69, 9.17) is 14.5 Å². The minimum atomic E-state index is -4.56. The second-order valence-corrected chi connectivity index (χ2v) is 5.45. The molecule has 0 spiro atoms. The van der Waals surface area contributed by atoms with Crippen LogP contribution in [0.5, 0.6) is 0 Å². The van der Waals surface area contributed by atoms with Crippen molar-refractivity contribution in [1.82, 2.24) is 9.55 Å². The number of aryl methyl sites for hydroxylation is 1. The molecule has 0 fully saturated rings. The van der Waals surface area contributed by atoms with Crippen LogP contribution >= 0.6 is 7.82 Å². The van der Waals surface area contributed by atoms with E-state index in [1.165, 1.54) is 22.9 Å². The molecule has 1 aromatic heterocycles. The van der Waals surface area contributed by atoms with Gasteiger partial charge in [0.1, 0.15) is 6.10 Å². The van der Waals surface area contributed by atoms with Crippen LogP contribution in [0.3, 0.4) is 0 Å². The standard InChI is InChI=1S/C10H13N2O7P.C2H2/c1-6-4-12(10(14)11-9(6)13)8-3-2-7(19-8)5-18-20(15,16)17;1-2/h2-4,7-8H,5H2,1H3,(H,11,13,14)(H2,15,16,17);1-2H/t7-,8?;/m0./s1. The van der Waals surface area contributed by atoms with Crippen molar-refractivity contribution < 1.29 is 23.6 Å². The summed E-state index contributed by atoms with van der Waals surface area (Å²) in [6.45, 7) is 1.20. The van der Waals surface area contributed by atoms with Crippen LogP contribution in [0.1, 0.15) is 11.8 Å². The molecule has 1 aliphatic rings. The van der Waals surface area contributed by atoms with Gasteiger partial charge in [0.25, 0.3) is 5.56 Å². The summed E-state index contributed by atoms with van der Waals surface area (Å²) in [6.07, 6.45) is 11.0. The molecule has 0 saturated carbocycles. The zero-order valence-electron chi connectivity index (χ0n) is 11.6. The summed E-state index contributed by atoms with van der Waals surface area (Å²) in [4.78, 5) is 42.2. The Morgan fingerprint density at radius 3 is 2.64 bits per heavy atom. The SMILES string of the molecule is C#C.Cc1cn(C2C=C[C@@H](COP(=O)(O)O)O2)c(=O)[nH]c1=O. The number of hydrogen-bond donors (Lipinski definition) is 3. The number of terminal acetylenes is 1. The van der Waals surface area contributed by atoms with Gasteiger partial charge in [-0.1, -0.05) is 6.08 Å². The lowest BCUT2D eigenvalue weighted by Gasteiger charge is -2.16. The number of nitrogens with zero attached hydrogens (tertiary/aromatic N) is 1. The highest BCUT2D eigenvalue weighted by atomic mass is 31.2. The van der Waals surface area contributed by atoms with Crippen molar-refractivity contribution in [3.8, 4) is 12.8 Å². The summed E-state index contributed by atoms with van der Waals surface area (Å²) in [7, 11) is -4.56. The molecule has 120 valence electrons. The van der Waals surface area contributed by atoms with Crippen LogP contribution in [-0.4, -0.2) is 32.0 Å². The van der Waals surface area contributed by atoms with Gasteiger partial charge >= 0.3 is 13.5 Å². The molecule has 22 heavy (non-hydrogen) atoms. The van der Waals surface area contributed by atoms with Gasteiger partial charge in [-0.3, -0.25) is 18.9 Å². The first kappa shape index (κ1) is 18.1. The Hall–Kier alpha value is -1.95. The normalized spacial score (nSPS) is 20.4. The Morgan fingerprint density at radius 1 is 1.41 bits per heavy atom. The van der Waals surface area contributed by atoms with E-state index in [0.717, 1.165) is 0 Å². The van der Waals surface area contributed by atoms with Crippen molar-refractivity contribution >= 4 is 7.82 Å². The number of aromatic amines is 1. The number of phosphoric ester groups is 1. The third kappa shape index (κ3) is 4.80. The van der Waals surface area contributed by atoms with Gasteiger partial charge in [-0.05, 0) is 13.0 Å². The number of H-pyrrole nitrogens is 1. The third-order valence-electron chi connectivity index (χ3n) is 2.63. The number of nitrogens with one attached hydrogen (secondary N) is 1. The van der Waals surface area contributed by atoms with E-state index in [1.54, 1.807) is 6.92 Å². The molecule has 1 aliphatic heterocycles. The molecular weight excluding hydrogens is 315 g/mol. The predicted octanol–water partition coefficient (Wildman–Crippen LogP) is -0.343. The van der Waals surface area contributed by atoms with E-state index in [1.807, 2.05) is 0 Å². The van der Waals surface area contributed by atoms with Crippen molar-refractivity contribution in [2.24, 2.45) is 0 Å². The summed E-state index contributed by atoms with van der Waals surface area (Å²) in [5, 5.41) is 0. The van der Waals surface area contributed by atoms with E-state index in [-0.39, 0.29) is 6.61 Å². The van der Waals surface area contributed by atoms with Gasteiger partial charge in [-0.2, -0.15) is 0 Å². The van der Waals surface area contributed by atoms with Gasteiger partial charge in [0.2, 0.25) is 0 Å². The molecule has 0 bridgehead atoms. The van der Waals surface area contributed by atoms with E-state index < -0.39 is 31.4 Å². The number of aromatic nitrogens is 2. The molecule has 2 atom stereocenters. The van der Waals surface area contributed by atoms with Crippen LogP contribution in [0.2, 0.25) is 0 Å². The Labute approximate surface area is 125 Å². The second-order valence-electron chi connectivity index (χ2n) is 4.21. The van der Waals surface area contributed by atoms with Crippen molar-refractivity contribution in [3.63, 3.8) is 0 Å². The van der Waals surface area contributed by atoms with Gasteiger partial charge in [-0.25, -0.2) is 9.36 Å². The maximum atomic E-state index is 11.6. The van der Waals surface area contributed by atoms with Crippen molar-refractivity contribution in [1.29, 1.82) is 0 Å². The molecular formula is C12H15N2O7P. The van der Waals surface area contributed by atoms with Crippen LogP contribution in [-0.2, 0) is 13.8 Å². The zero-order chi connectivity index (χ0) is 16.9. The van der Waals surface area contributed by atoms with E-state index >= 15 is 0 Å². The molecule has 0 amide bonds. The highest BCUT2D eigenvalue weighted by Crippen LogP contribution is 2.36. The summed E-state index contributed by atoms with van der Waals surface area (Å²) in [5.41, 5.74) is -0.766. The highest BCUT2D eigenvalue weighted by molar-refractivity contribution is 7.46. The molecule has 1 aromatic rings. The van der Waals surface area contributed by atoms with Crippen molar-refractivity contribution in [3.05, 3.63) is 44.8 Å². The van der Waals surface area contributed by atoms with Crippen LogP contribution in [0.4, 0.5) is 0 Å². The van der Waals surface area contributed by atoms with Crippen LogP contribution < -0.4 is 11.2 Å². The summed E-state index contributed by atoms with van der Waals surface area (Å²) in [6, 6.07) is 0. The molecule has 9 nitrogen and oxygen atoms in total. The topological polar surface area (TPSA) is 131 Å². The molecule has 0 saturated heterocycles. The Kier molecular flexibility index (Phi) is 6.05. The average Bonchev–Trinajstić information content (AvgIpc) is 2.91. The van der Waals surface area contributed by atoms with Gasteiger partial charge in [-0.15, -0.1) is 12.8 Å². The van der Waals surface area contributed by atoms with Gasteiger partial charge in [0, 0.05) is 11.8 Å². The minimum absolute atomic E-state index is 0.339. The highest BCUT2D eigenvalue weighted by Gasteiger charge is 2.25. The molecule has 1 unspecified atom stereocenters. The fourth-order valence-corrected chi connectivity index (χ4v) is 2.03. The van der Waals surface area contributed by atoms with E-state index in [9.17, 15) is 14.2 Å². The Bertz CT molecular complexity index is 727. The Morgan fingerprint density at radius 2 is 2.05 bits per heavy atom. The molecule has 10 heteroatoms. The first-order chi connectivity index (χ1) is 10.3. The molecule has 2 rings (SSSR count). The van der Waals surface area contributed by atoms with Crippen LogP contribution in [0, 0.1) is 19.8 Å². The van der Waals surface area contributed by atoms with Crippen LogP contribution in [0.15, 0.2) is 27.9 Å². The average molecular weight is 330 g/mol. The number of ether oxygens (including phenoxy) is 1.